The minimum Gasteiger partial charge on any atom is -0.171 e. The Hall–Kier alpha value is -4.48. The van der Waals surface area contributed by atoms with Crippen LogP contribution < -0.4 is 10.9 Å². The fourth-order valence-corrected chi connectivity index (χ4v) is 3.98. The van der Waals surface area contributed by atoms with E-state index in [1.165, 1.54) is 13.8 Å². The van der Waals surface area contributed by atoms with Crippen LogP contribution in [0, 0.1) is 0 Å². The third-order valence-corrected chi connectivity index (χ3v) is 6.40. The molecule has 0 saturated heterocycles. The Balaban J connectivity index is 0.000000944. The lowest BCUT2D eigenvalue weighted by molar-refractivity contribution is -0.144. The van der Waals surface area contributed by atoms with E-state index in [2.05, 4.69) is 0 Å². The lowest BCUT2D eigenvalue weighted by atomic mass is 9.62. The minimum absolute atomic E-state index is 0.0833. The van der Waals surface area contributed by atoms with E-state index in [4.69, 9.17) is 0 Å². The molecule has 0 saturated carbocycles. The molecular formula is C35H26BF24. The smallest absolute Gasteiger partial charge is 0.171 e. The van der Waals surface area contributed by atoms with Crippen molar-refractivity contribution in [2.75, 3.05) is 0 Å². The maximum Gasteiger partial charge on any atom is 0.416 e. The SMILES string of the molecule is CC.CC(C)=C/C(=C\CC(F)(F)F)C(F)(F)F.FC(F)(F)c1cc([B]c2cc(C(F)(F)F)cc(C(F)(F)F)c2)cc(C(F)(F)F)c1.FC(F)(F)c1cccc(C(F)(F)F)c1. The Kier molecular flexibility index (Phi) is 18.9. The Bertz CT molecular complexity index is 1700. The van der Waals surface area contributed by atoms with Crippen molar-refractivity contribution in [3.05, 3.63) is 117 Å². The average molecular weight is 913 g/mol. The van der Waals surface area contributed by atoms with Gasteiger partial charge in [-0.05, 0) is 44.2 Å². The van der Waals surface area contributed by atoms with Crippen LogP contribution >= 0.6 is 0 Å². The molecule has 0 nitrogen and oxygen atoms in total. The Morgan fingerprint density at radius 1 is 0.433 bits per heavy atom. The molecule has 0 aromatic heterocycles. The molecule has 0 fully saturated rings. The first-order valence-corrected chi connectivity index (χ1v) is 15.8. The predicted molar refractivity (Wildman–Crippen MR) is 170 cm³/mol. The molecule has 337 valence electrons. The van der Waals surface area contributed by atoms with E-state index in [9.17, 15) is 105 Å². The highest BCUT2D eigenvalue weighted by Gasteiger charge is 2.40. The van der Waals surface area contributed by atoms with Crippen LogP contribution in [0.3, 0.4) is 0 Å². The molecule has 0 amide bonds. The zero-order valence-corrected chi connectivity index (χ0v) is 30.3. The second kappa shape index (κ2) is 20.4. The van der Waals surface area contributed by atoms with E-state index >= 15 is 0 Å². The van der Waals surface area contributed by atoms with Crippen molar-refractivity contribution in [2.24, 2.45) is 0 Å². The van der Waals surface area contributed by atoms with E-state index in [0.29, 0.717) is 31.1 Å². The van der Waals surface area contributed by atoms with Crippen LogP contribution in [0.15, 0.2) is 84.0 Å². The van der Waals surface area contributed by atoms with Crippen LogP contribution in [0.25, 0.3) is 0 Å². The molecule has 3 rings (SSSR count). The lowest BCUT2D eigenvalue weighted by Crippen LogP contribution is -2.31. The molecule has 25 heteroatoms. The van der Waals surface area contributed by atoms with Crippen molar-refractivity contribution < 1.29 is 105 Å². The van der Waals surface area contributed by atoms with Gasteiger partial charge in [0.15, 0.2) is 7.28 Å². The van der Waals surface area contributed by atoms with Gasteiger partial charge in [-0.25, -0.2) is 0 Å². The van der Waals surface area contributed by atoms with Crippen LogP contribution in [0.2, 0.25) is 0 Å². The summed E-state index contributed by atoms with van der Waals surface area (Å²) in [5, 5.41) is 0. The summed E-state index contributed by atoms with van der Waals surface area (Å²) in [6.45, 7) is 6.76. The average Bonchev–Trinajstić information content (AvgIpc) is 3.04. The number of hydrogen-bond donors (Lipinski definition) is 0. The molecule has 1 radical (unpaired) electrons. The fourth-order valence-electron chi connectivity index (χ4n) is 3.98. The summed E-state index contributed by atoms with van der Waals surface area (Å²) in [5.41, 5.74) is -12.4. The molecule has 3 aromatic carbocycles. The summed E-state index contributed by atoms with van der Waals surface area (Å²) in [6, 6.07) is 2.29. The number of benzene rings is 3. The normalized spacial score (nSPS) is 13.2. The van der Waals surface area contributed by atoms with Crippen molar-refractivity contribution in [1.29, 1.82) is 0 Å². The van der Waals surface area contributed by atoms with Gasteiger partial charge in [0.05, 0.1) is 45.4 Å². The lowest BCUT2D eigenvalue weighted by Gasteiger charge is -2.16. The largest absolute Gasteiger partial charge is 0.416 e. The summed E-state index contributed by atoms with van der Waals surface area (Å²) < 4.78 is 298. The molecule has 0 aliphatic rings. The van der Waals surface area contributed by atoms with Crippen LogP contribution in [-0.4, -0.2) is 19.6 Å². The van der Waals surface area contributed by atoms with E-state index in [1.54, 1.807) is 0 Å². The van der Waals surface area contributed by atoms with Gasteiger partial charge >= 0.3 is 49.4 Å². The second-order valence-electron chi connectivity index (χ2n) is 11.6. The van der Waals surface area contributed by atoms with Gasteiger partial charge in [0.2, 0.25) is 0 Å². The first-order chi connectivity index (χ1) is 26.6. The standard InChI is InChI=1S/C16H6BF12.C9H10F6.C8H4F6.C2H6/c18-13(19,20)7-1-8(14(21,22)23)4-11(3-7)17-12-5-9(15(24,25)26)2-10(6-12)16(27,28)29;1-6(2)5-7(9(13,14)15)3-4-8(10,11)12;9-7(10,11)5-2-1-3-6(4-5)8(12,13)14;1-2/h1-6H;3,5H,4H2,1-2H3;1-4H;1-2H3/b;7-3+;;. The highest BCUT2D eigenvalue weighted by molar-refractivity contribution is 6.67. The van der Waals surface area contributed by atoms with Gasteiger partial charge in [-0.2, -0.15) is 105 Å². The number of allylic oxidation sites excluding steroid dienone is 4. The van der Waals surface area contributed by atoms with Gasteiger partial charge < -0.3 is 0 Å². The predicted octanol–water partition coefficient (Wildman–Crippen LogP) is 14.6. The van der Waals surface area contributed by atoms with E-state index in [0.717, 1.165) is 6.07 Å². The third-order valence-electron chi connectivity index (χ3n) is 6.40. The van der Waals surface area contributed by atoms with Gasteiger partial charge in [-0.3, -0.25) is 0 Å². The zero-order chi connectivity index (χ0) is 47.7. The molecule has 3 aromatic rings. The number of halogens is 24. The fraction of sp³-hybridized carbons (Fsp3) is 0.371. The van der Waals surface area contributed by atoms with E-state index < -0.39 is 106 Å². The molecular weight excluding hydrogens is 887 g/mol. The van der Waals surface area contributed by atoms with Gasteiger partial charge in [-0.15, -0.1) is 0 Å². The second-order valence-corrected chi connectivity index (χ2v) is 11.6. The van der Waals surface area contributed by atoms with Gasteiger partial charge in [0.25, 0.3) is 0 Å². The molecule has 0 aliphatic carbocycles. The van der Waals surface area contributed by atoms with Crippen LogP contribution in [0.5, 0.6) is 0 Å². The van der Waals surface area contributed by atoms with Crippen molar-refractivity contribution in [1.82, 2.24) is 0 Å². The van der Waals surface area contributed by atoms with Crippen molar-refractivity contribution in [3.63, 3.8) is 0 Å². The van der Waals surface area contributed by atoms with Crippen LogP contribution in [-0.2, 0) is 37.1 Å². The number of hydrogen-bond acceptors (Lipinski definition) is 0. The maximum atomic E-state index is 12.8. The summed E-state index contributed by atoms with van der Waals surface area (Å²) in [4.78, 5) is 0. The molecule has 0 N–H and O–H groups in total. The molecule has 0 atom stereocenters. The Labute approximate surface area is 324 Å². The Morgan fingerprint density at radius 3 is 0.917 bits per heavy atom. The quantitative estimate of drug-likeness (QED) is 0.139. The first kappa shape index (κ1) is 55.5. The maximum absolute atomic E-state index is 12.8. The van der Waals surface area contributed by atoms with Gasteiger partial charge in [0, 0.05) is 0 Å². The third kappa shape index (κ3) is 20.2. The molecule has 0 aliphatic heterocycles. The molecule has 60 heavy (non-hydrogen) atoms. The minimum atomic E-state index is -5.23. The first-order valence-electron chi connectivity index (χ1n) is 15.8. The molecule has 0 bridgehead atoms. The monoisotopic (exact) mass is 913 g/mol. The van der Waals surface area contributed by atoms with Crippen molar-refractivity contribution in [3.8, 4) is 0 Å². The van der Waals surface area contributed by atoms with Gasteiger partial charge in [-0.1, -0.05) is 72.8 Å². The van der Waals surface area contributed by atoms with E-state index in [-0.39, 0.29) is 48.5 Å². The number of rotatable bonds is 4. The van der Waals surface area contributed by atoms with Crippen molar-refractivity contribution >= 4 is 18.2 Å². The Morgan fingerprint density at radius 2 is 0.700 bits per heavy atom. The topological polar surface area (TPSA) is 0 Å². The molecule has 0 heterocycles. The molecule has 0 spiro atoms. The summed E-state index contributed by atoms with van der Waals surface area (Å²) in [7, 11) is 0.370. The zero-order valence-electron chi connectivity index (χ0n) is 30.3. The van der Waals surface area contributed by atoms with Crippen LogP contribution in [0.1, 0.15) is 67.5 Å². The van der Waals surface area contributed by atoms with Crippen LogP contribution in [0.4, 0.5) is 105 Å². The molecule has 0 unspecified atom stereocenters. The summed E-state index contributed by atoms with van der Waals surface area (Å²) >= 11 is 0. The highest BCUT2D eigenvalue weighted by atomic mass is 19.4. The highest BCUT2D eigenvalue weighted by Crippen LogP contribution is 2.38. The summed E-state index contributed by atoms with van der Waals surface area (Å²) in [5.74, 6) is 0. The number of alkyl halides is 24. The van der Waals surface area contributed by atoms with E-state index in [1.807, 2.05) is 13.8 Å². The summed E-state index contributed by atoms with van der Waals surface area (Å²) in [6.07, 6.45) is -40.5. The van der Waals surface area contributed by atoms with Gasteiger partial charge in [0.1, 0.15) is 0 Å². The van der Waals surface area contributed by atoms with Crippen molar-refractivity contribution in [2.45, 2.75) is 83.5 Å².